The molecule has 1 aliphatic heterocycles. The Bertz CT molecular complexity index is 292. The lowest BCUT2D eigenvalue weighted by atomic mass is 10.1. The van der Waals surface area contributed by atoms with E-state index in [0.717, 1.165) is 24.5 Å². The first kappa shape index (κ1) is 9.34. The lowest BCUT2D eigenvalue weighted by Crippen LogP contribution is -2.38. The second kappa shape index (κ2) is 4.33. The number of hydrogen-bond acceptors (Lipinski definition) is 3. The van der Waals surface area contributed by atoms with Crippen LogP contribution < -0.4 is 16.4 Å². The maximum Gasteiger partial charge on any atom is 0.0576 e. The molecule has 0 bridgehead atoms. The van der Waals surface area contributed by atoms with Crippen molar-refractivity contribution >= 4 is 11.4 Å². The van der Waals surface area contributed by atoms with Gasteiger partial charge < -0.3 is 16.4 Å². The highest BCUT2D eigenvalue weighted by Crippen LogP contribution is 2.19. The third-order valence-electron chi connectivity index (χ3n) is 2.62. The molecule has 3 heteroatoms. The predicted octanol–water partition coefficient (Wildman–Crippen LogP) is 1.43. The summed E-state index contributed by atoms with van der Waals surface area (Å²) in [5.74, 6) is 0. The van der Waals surface area contributed by atoms with Crippen molar-refractivity contribution < 1.29 is 0 Å². The molecular formula is C11H17N3. The van der Waals surface area contributed by atoms with Crippen molar-refractivity contribution in [3.63, 3.8) is 0 Å². The van der Waals surface area contributed by atoms with Crippen LogP contribution in [-0.2, 0) is 0 Å². The average Bonchev–Trinajstić information content (AvgIpc) is 2.23. The van der Waals surface area contributed by atoms with Gasteiger partial charge in [0.1, 0.15) is 0 Å². The number of para-hydroxylation sites is 2. The molecule has 1 atom stereocenters. The Balaban J connectivity index is 1.99. The molecule has 4 N–H and O–H groups in total. The number of nitrogens with one attached hydrogen (secondary N) is 2. The van der Waals surface area contributed by atoms with Gasteiger partial charge in [-0.1, -0.05) is 12.1 Å². The van der Waals surface area contributed by atoms with Crippen molar-refractivity contribution in [1.82, 2.24) is 5.32 Å². The van der Waals surface area contributed by atoms with Crippen molar-refractivity contribution in [3.8, 4) is 0 Å². The van der Waals surface area contributed by atoms with Crippen molar-refractivity contribution in [2.45, 2.75) is 18.9 Å². The second-order valence-electron chi connectivity index (χ2n) is 3.77. The molecule has 3 nitrogen and oxygen atoms in total. The van der Waals surface area contributed by atoms with E-state index < -0.39 is 0 Å². The highest BCUT2D eigenvalue weighted by Gasteiger charge is 2.12. The van der Waals surface area contributed by atoms with Crippen molar-refractivity contribution in [2.24, 2.45) is 0 Å². The Morgan fingerprint density at radius 3 is 2.93 bits per heavy atom. The quantitative estimate of drug-likeness (QED) is 0.620. The fourth-order valence-electron chi connectivity index (χ4n) is 1.82. The van der Waals surface area contributed by atoms with E-state index in [9.17, 15) is 0 Å². The smallest absolute Gasteiger partial charge is 0.0576 e. The summed E-state index contributed by atoms with van der Waals surface area (Å²) in [5, 5.41) is 6.83. The number of hydrogen-bond donors (Lipinski definition) is 3. The number of nitrogens with two attached hydrogens (primary N) is 1. The molecule has 0 aromatic heterocycles. The number of nitrogen functional groups attached to an aromatic ring is 1. The lowest BCUT2D eigenvalue weighted by molar-refractivity contribution is 0.480. The van der Waals surface area contributed by atoms with Crippen molar-refractivity contribution in [2.75, 3.05) is 24.1 Å². The van der Waals surface area contributed by atoms with Crippen LogP contribution in [0.25, 0.3) is 0 Å². The molecule has 0 radical (unpaired) electrons. The lowest BCUT2D eigenvalue weighted by Gasteiger charge is -2.25. The third kappa shape index (κ3) is 2.17. The first-order valence-electron chi connectivity index (χ1n) is 5.18. The molecule has 1 aromatic carbocycles. The van der Waals surface area contributed by atoms with Gasteiger partial charge in [0, 0.05) is 12.6 Å². The molecule has 0 unspecified atom stereocenters. The van der Waals surface area contributed by atoms with Crippen molar-refractivity contribution in [1.29, 1.82) is 0 Å². The minimum Gasteiger partial charge on any atom is -0.397 e. The first-order chi connectivity index (χ1) is 6.86. The van der Waals surface area contributed by atoms with Gasteiger partial charge >= 0.3 is 0 Å². The molecule has 0 aliphatic carbocycles. The summed E-state index contributed by atoms with van der Waals surface area (Å²) < 4.78 is 0. The normalized spacial score (nSPS) is 21.9. The summed E-state index contributed by atoms with van der Waals surface area (Å²) in [6.07, 6.45) is 2.46. The second-order valence-corrected chi connectivity index (χ2v) is 3.77. The minimum absolute atomic E-state index is 0.522. The van der Waals surface area contributed by atoms with Crippen LogP contribution in [0, 0.1) is 0 Å². The fraction of sp³-hybridized carbons (Fsp3) is 0.455. The fourth-order valence-corrected chi connectivity index (χ4v) is 1.82. The van der Waals surface area contributed by atoms with Gasteiger partial charge in [0.15, 0.2) is 0 Å². The van der Waals surface area contributed by atoms with Gasteiger partial charge in [-0.2, -0.15) is 0 Å². The van der Waals surface area contributed by atoms with E-state index in [4.69, 9.17) is 5.73 Å². The van der Waals surface area contributed by atoms with E-state index in [1.165, 1.54) is 12.8 Å². The summed E-state index contributed by atoms with van der Waals surface area (Å²) in [6, 6.07) is 8.45. The zero-order chi connectivity index (χ0) is 9.80. The Labute approximate surface area is 84.7 Å². The van der Waals surface area contributed by atoms with Gasteiger partial charge in [0.2, 0.25) is 0 Å². The van der Waals surface area contributed by atoms with Crippen LogP contribution in [0.2, 0.25) is 0 Å². The highest BCUT2D eigenvalue weighted by atomic mass is 15.0. The van der Waals surface area contributed by atoms with Gasteiger partial charge in [-0.3, -0.25) is 0 Å². The summed E-state index contributed by atoms with van der Waals surface area (Å²) >= 11 is 0. The Morgan fingerprint density at radius 2 is 2.21 bits per heavy atom. The number of benzene rings is 1. The van der Waals surface area contributed by atoms with E-state index >= 15 is 0 Å². The number of anilines is 2. The van der Waals surface area contributed by atoms with E-state index in [-0.39, 0.29) is 0 Å². The molecule has 1 heterocycles. The third-order valence-corrected chi connectivity index (χ3v) is 2.62. The van der Waals surface area contributed by atoms with Gasteiger partial charge in [-0.15, -0.1) is 0 Å². The van der Waals surface area contributed by atoms with Crippen LogP contribution in [0.1, 0.15) is 12.8 Å². The standard InChI is InChI=1S/C11H17N3/c12-10-5-1-2-6-11(10)14-9-4-3-7-13-8-9/h1-2,5-6,9,13-14H,3-4,7-8,12H2/t9-/m0/s1. The van der Waals surface area contributed by atoms with E-state index in [1.54, 1.807) is 0 Å². The van der Waals surface area contributed by atoms with Crippen LogP contribution in [0.15, 0.2) is 24.3 Å². The van der Waals surface area contributed by atoms with Gasteiger partial charge in [0.25, 0.3) is 0 Å². The molecule has 0 spiro atoms. The van der Waals surface area contributed by atoms with E-state index in [2.05, 4.69) is 10.6 Å². The van der Waals surface area contributed by atoms with Crippen LogP contribution in [0.4, 0.5) is 11.4 Å². The average molecular weight is 191 g/mol. The molecule has 2 rings (SSSR count). The molecule has 0 saturated carbocycles. The number of piperidine rings is 1. The molecule has 1 aliphatic rings. The van der Waals surface area contributed by atoms with Gasteiger partial charge in [-0.05, 0) is 31.5 Å². The summed E-state index contributed by atoms with van der Waals surface area (Å²) in [6.45, 7) is 2.18. The molecule has 14 heavy (non-hydrogen) atoms. The maximum absolute atomic E-state index is 5.85. The summed E-state index contributed by atoms with van der Waals surface area (Å²) in [4.78, 5) is 0. The summed E-state index contributed by atoms with van der Waals surface area (Å²) in [5.41, 5.74) is 7.74. The van der Waals surface area contributed by atoms with Gasteiger partial charge in [-0.25, -0.2) is 0 Å². The van der Waals surface area contributed by atoms with Gasteiger partial charge in [0.05, 0.1) is 11.4 Å². The van der Waals surface area contributed by atoms with Crippen LogP contribution >= 0.6 is 0 Å². The Kier molecular flexibility index (Phi) is 2.89. The first-order valence-corrected chi connectivity index (χ1v) is 5.18. The molecule has 1 saturated heterocycles. The van der Waals surface area contributed by atoms with E-state index in [1.807, 2.05) is 24.3 Å². The Hall–Kier alpha value is -1.22. The van der Waals surface area contributed by atoms with E-state index in [0.29, 0.717) is 6.04 Å². The molecular weight excluding hydrogens is 174 g/mol. The predicted molar refractivity (Wildman–Crippen MR) is 60.4 cm³/mol. The topological polar surface area (TPSA) is 50.1 Å². The molecule has 1 fully saturated rings. The van der Waals surface area contributed by atoms with Crippen LogP contribution in [-0.4, -0.2) is 19.1 Å². The van der Waals surface area contributed by atoms with Crippen LogP contribution in [0.3, 0.4) is 0 Å². The Morgan fingerprint density at radius 1 is 1.36 bits per heavy atom. The number of rotatable bonds is 2. The summed E-state index contributed by atoms with van der Waals surface area (Å²) in [7, 11) is 0. The zero-order valence-corrected chi connectivity index (χ0v) is 8.29. The monoisotopic (exact) mass is 191 g/mol. The highest BCUT2D eigenvalue weighted by molar-refractivity contribution is 5.66. The zero-order valence-electron chi connectivity index (χ0n) is 8.29. The van der Waals surface area contributed by atoms with Crippen molar-refractivity contribution in [3.05, 3.63) is 24.3 Å². The molecule has 1 aromatic rings. The molecule has 76 valence electrons. The van der Waals surface area contributed by atoms with Crippen LogP contribution in [0.5, 0.6) is 0 Å². The molecule has 0 amide bonds. The SMILES string of the molecule is Nc1ccccc1N[C@H]1CCCNC1. The minimum atomic E-state index is 0.522. The maximum atomic E-state index is 5.85. The largest absolute Gasteiger partial charge is 0.397 e.